The summed E-state index contributed by atoms with van der Waals surface area (Å²) in [5, 5.41) is 0.967. The lowest BCUT2D eigenvalue weighted by Crippen LogP contribution is -2.23. The highest BCUT2D eigenvalue weighted by Gasteiger charge is 2.16. The van der Waals surface area contributed by atoms with Crippen LogP contribution in [0.5, 0.6) is 0 Å². The number of nitrogen functional groups attached to an aromatic ring is 1. The molecule has 0 aliphatic heterocycles. The van der Waals surface area contributed by atoms with Crippen molar-refractivity contribution in [2.24, 2.45) is 0 Å². The molecule has 2 aromatic rings. The van der Waals surface area contributed by atoms with Crippen LogP contribution >= 0.6 is 23.2 Å². The number of halogens is 2. The maximum absolute atomic E-state index is 12.3. The topological polar surface area (TPSA) is 72.2 Å². The number of sulfonamides is 1. The minimum atomic E-state index is -3.65. The third-order valence-electron chi connectivity index (χ3n) is 2.95. The molecule has 2 rings (SSSR count). The van der Waals surface area contributed by atoms with Crippen molar-refractivity contribution < 1.29 is 8.42 Å². The molecule has 3 N–H and O–H groups in total. The van der Waals surface area contributed by atoms with Crippen LogP contribution in [-0.2, 0) is 16.6 Å². The zero-order chi connectivity index (χ0) is 15.6. The molecule has 0 aliphatic rings. The molecule has 7 heteroatoms. The van der Waals surface area contributed by atoms with Crippen LogP contribution in [0, 0.1) is 6.92 Å². The van der Waals surface area contributed by atoms with Crippen LogP contribution in [0.3, 0.4) is 0 Å². The first-order valence-corrected chi connectivity index (χ1v) is 8.33. The molecule has 112 valence electrons. The summed E-state index contributed by atoms with van der Waals surface area (Å²) < 4.78 is 27.0. The van der Waals surface area contributed by atoms with Crippen LogP contribution in [-0.4, -0.2) is 8.42 Å². The first-order chi connectivity index (χ1) is 9.79. The fourth-order valence-electron chi connectivity index (χ4n) is 1.78. The van der Waals surface area contributed by atoms with E-state index in [0.717, 1.165) is 5.56 Å². The summed E-state index contributed by atoms with van der Waals surface area (Å²) in [4.78, 5) is 0.0934. The van der Waals surface area contributed by atoms with Crippen LogP contribution in [0.4, 0.5) is 5.69 Å². The minimum Gasteiger partial charge on any atom is -0.397 e. The van der Waals surface area contributed by atoms with Gasteiger partial charge in [-0.2, -0.15) is 0 Å². The molecule has 21 heavy (non-hydrogen) atoms. The lowest BCUT2D eigenvalue weighted by atomic mass is 10.2. The Kier molecular flexibility index (Phi) is 4.78. The lowest BCUT2D eigenvalue weighted by Gasteiger charge is -2.10. The van der Waals surface area contributed by atoms with Crippen molar-refractivity contribution in [3.8, 4) is 0 Å². The average Bonchev–Trinajstić information content (AvgIpc) is 2.43. The van der Waals surface area contributed by atoms with E-state index in [4.69, 9.17) is 28.9 Å². The third kappa shape index (κ3) is 3.89. The molecule has 0 saturated heterocycles. The van der Waals surface area contributed by atoms with Gasteiger partial charge in [0.1, 0.15) is 0 Å². The number of nitrogens with one attached hydrogen (secondary N) is 1. The summed E-state index contributed by atoms with van der Waals surface area (Å²) in [7, 11) is -3.65. The van der Waals surface area contributed by atoms with E-state index in [2.05, 4.69) is 4.72 Å². The molecule has 0 unspecified atom stereocenters. The summed E-state index contributed by atoms with van der Waals surface area (Å²) in [6, 6.07) is 9.76. The van der Waals surface area contributed by atoms with E-state index in [1.165, 1.54) is 12.1 Å². The Morgan fingerprint density at radius 2 is 1.76 bits per heavy atom. The van der Waals surface area contributed by atoms with E-state index in [-0.39, 0.29) is 17.1 Å². The summed E-state index contributed by atoms with van der Waals surface area (Å²) in [5.41, 5.74) is 7.36. The highest BCUT2D eigenvalue weighted by Crippen LogP contribution is 2.26. The van der Waals surface area contributed by atoms with Gasteiger partial charge in [-0.15, -0.1) is 0 Å². The quantitative estimate of drug-likeness (QED) is 0.835. The van der Waals surface area contributed by atoms with E-state index in [0.29, 0.717) is 15.6 Å². The van der Waals surface area contributed by atoms with Gasteiger partial charge in [0.25, 0.3) is 0 Å². The molecule has 2 aromatic carbocycles. The number of benzene rings is 2. The zero-order valence-corrected chi connectivity index (χ0v) is 13.6. The Bertz CT molecular complexity index is 736. The van der Waals surface area contributed by atoms with Crippen LogP contribution in [0.2, 0.25) is 10.0 Å². The first kappa shape index (κ1) is 16.1. The lowest BCUT2D eigenvalue weighted by molar-refractivity contribution is 0.581. The second-order valence-corrected chi connectivity index (χ2v) is 7.18. The minimum absolute atomic E-state index is 0.0934. The van der Waals surface area contributed by atoms with Gasteiger partial charge < -0.3 is 5.73 Å². The predicted octanol–water partition coefficient (Wildman–Crippen LogP) is 3.36. The Morgan fingerprint density at radius 3 is 2.33 bits per heavy atom. The number of hydrogen-bond donors (Lipinski definition) is 2. The van der Waals surface area contributed by atoms with Crippen molar-refractivity contribution in [1.29, 1.82) is 0 Å². The molecule has 0 fully saturated rings. The first-order valence-electron chi connectivity index (χ1n) is 6.09. The molecule has 0 spiro atoms. The molecule has 0 atom stereocenters. The highest BCUT2D eigenvalue weighted by molar-refractivity contribution is 7.89. The van der Waals surface area contributed by atoms with E-state index in [1.54, 1.807) is 31.2 Å². The second-order valence-electron chi connectivity index (χ2n) is 4.59. The number of nitrogens with two attached hydrogens (primary N) is 1. The molecule has 0 radical (unpaired) electrons. The van der Waals surface area contributed by atoms with Gasteiger partial charge in [0, 0.05) is 11.6 Å². The van der Waals surface area contributed by atoms with Crippen LogP contribution in [0.25, 0.3) is 0 Å². The zero-order valence-electron chi connectivity index (χ0n) is 11.2. The van der Waals surface area contributed by atoms with Gasteiger partial charge in [-0.25, -0.2) is 13.1 Å². The summed E-state index contributed by atoms with van der Waals surface area (Å²) in [6.45, 7) is 1.87. The number of aryl methyl sites for hydroxylation is 1. The smallest absolute Gasteiger partial charge is 0.240 e. The summed E-state index contributed by atoms with van der Waals surface area (Å²) in [6.07, 6.45) is 0. The van der Waals surface area contributed by atoms with E-state index >= 15 is 0 Å². The van der Waals surface area contributed by atoms with Gasteiger partial charge in [-0.1, -0.05) is 35.3 Å². The number of rotatable bonds is 4. The van der Waals surface area contributed by atoms with Crippen LogP contribution < -0.4 is 10.5 Å². The molecular weight excluding hydrogens is 331 g/mol. The van der Waals surface area contributed by atoms with Gasteiger partial charge >= 0.3 is 0 Å². The van der Waals surface area contributed by atoms with Crippen molar-refractivity contribution in [2.45, 2.75) is 18.4 Å². The number of anilines is 1. The third-order valence-corrected chi connectivity index (χ3v) is 5.10. The summed E-state index contributed by atoms with van der Waals surface area (Å²) >= 11 is 11.7. The van der Waals surface area contributed by atoms with Crippen molar-refractivity contribution in [3.63, 3.8) is 0 Å². The van der Waals surface area contributed by atoms with Gasteiger partial charge in [0.2, 0.25) is 10.0 Å². The van der Waals surface area contributed by atoms with Crippen molar-refractivity contribution in [3.05, 3.63) is 57.6 Å². The molecule has 0 bridgehead atoms. The van der Waals surface area contributed by atoms with E-state index in [9.17, 15) is 8.42 Å². The molecule has 0 amide bonds. The SMILES string of the molecule is Cc1cc(S(=O)(=O)NCc2ccc(Cl)cc2)cc(N)c1Cl. The standard InChI is InChI=1S/C14H14Cl2N2O2S/c1-9-6-12(7-13(17)14(9)16)21(19,20)18-8-10-2-4-11(15)5-3-10/h2-7,18H,8,17H2,1H3. The van der Waals surface area contributed by atoms with E-state index < -0.39 is 10.0 Å². The monoisotopic (exact) mass is 344 g/mol. The Labute approximate surface area is 133 Å². The van der Waals surface area contributed by atoms with Crippen molar-refractivity contribution in [2.75, 3.05) is 5.73 Å². The normalized spacial score (nSPS) is 11.6. The van der Waals surface area contributed by atoms with Crippen LogP contribution in [0.1, 0.15) is 11.1 Å². The van der Waals surface area contributed by atoms with E-state index in [1.807, 2.05) is 0 Å². The fraction of sp³-hybridized carbons (Fsp3) is 0.143. The van der Waals surface area contributed by atoms with Crippen molar-refractivity contribution >= 4 is 38.9 Å². The largest absolute Gasteiger partial charge is 0.397 e. The average molecular weight is 345 g/mol. The predicted molar refractivity (Wildman–Crippen MR) is 86.1 cm³/mol. The molecule has 4 nitrogen and oxygen atoms in total. The van der Waals surface area contributed by atoms with Gasteiger partial charge in [-0.3, -0.25) is 0 Å². The van der Waals surface area contributed by atoms with Crippen molar-refractivity contribution in [1.82, 2.24) is 4.72 Å². The Morgan fingerprint density at radius 1 is 1.14 bits per heavy atom. The molecule has 0 aromatic heterocycles. The number of hydrogen-bond acceptors (Lipinski definition) is 3. The summed E-state index contributed by atoms with van der Waals surface area (Å²) in [5.74, 6) is 0. The van der Waals surface area contributed by atoms with Gasteiger partial charge in [-0.05, 0) is 42.3 Å². The van der Waals surface area contributed by atoms with Gasteiger partial charge in [0.05, 0.1) is 15.6 Å². The Hall–Kier alpha value is -1.27. The molecular formula is C14H14Cl2N2O2S. The highest BCUT2D eigenvalue weighted by atomic mass is 35.5. The second kappa shape index (κ2) is 6.23. The fourth-order valence-corrected chi connectivity index (χ4v) is 3.15. The Balaban J connectivity index is 2.20. The molecule has 0 heterocycles. The maximum atomic E-state index is 12.3. The maximum Gasteiger partial charge on any atom is 0.240 e. The van der Waals surface area contributed by atoms with Gasteiger partial charge in [0.15, 0.2) is 0 Å². The molecule has 0 aliphatic carbocycles. The molecule has 0 saturated carbocycles. The van der Waals surface area contributed by atoms with Crippen LogP contribution in [0.15, 0.2) is 41.3 Å².